The summed E-state index contributed by atoms with van der Waals surface area (Å²) in [5.41, 5.74) is 0.840. The molecule has 1 heterocycles. The van der Waals surface area contributed by atoms with Crippen LogP contribution in [0.3, 0.4) is 0 Å². The lowest BCUT2D eigenvalue weighted by atomic mass is 9.96. The fraction of sp³-hybridized carbons (Fsp3) is 0.615. The molecule has 0 spiro atoms. The molecule has 1 aromatic rings. The van der Waals surface area contributed by atoms with E-state index < -0.39 is 5.97 Å². The minimum atomic E-state index is -0.757. The number of hydrogen-bond donors (Lipinski definition) is 3. The van der Waals surface area contributed by atoms with Gasteiger partial charge in [0, 0.05) is 11.9 Å². The summed E-state index contributed by atoms with van der Waals surface area (Å²) in [4.78, 5) is 27.0. The second kappa shape index (κ2) is 6.69. The summed E-state index contributed by atoms with van der Waals surface area (Å²) in [7, 11) is 0. The average Bonchev–Trinajstić information content (AvgIpc) is 3.02. The van der Waals surface area contributed by atoms with Crippen LogP contribution in [0.4, 0.5) is 4.79 Å². The zero-order chi connectivity index (χ0) is 14.5. The highest BCUT2D eigenvalue weighted by Crippen LogP contribution is 2.31. The van der Waals surface area contributed by atoms with E-state index in [4.69, 9.17) is 5.11 Å². The summed E-state index contributed by atoms with van der Waals surface area (Å²) in [5, 5.41) is 17.4. The first-order valence-corrected chi connectivity index (χ1v) is 7.59. The lowest BCUT2D eigenvalue weighted by molar-refractivity contribution is -0.142. The molecule has 0 radical (unpaired) electrons. The Kier molecular flexibility index (Phi) is 4.94. The Morgan fingerprint density at radius 3 is 2.90 bits per heavy atom. The molecule has 0 aliphatic heterocycles. The number of aromatic nitrogens is 1. The molecule has 1 aliphatic carbocycles. The Bertz CT molecular complexity index is 489. The van der Waals surface area contributed by atoms with Crippen LogP contribution < -0.4 is 10.6 Å². The predicted octanol–water partition coefficient (Wildman–Crippen LogP) is 1.75. The number of aryl methyl sites for hydroxylation is 1. The molecule has 6 nitrogen and oxygen atoms in total. The molecule has 20 heavy (non-hydrogen) atoms. The zero-order valence-corrected chi connectivity index (χ0v) is 12.2. The van der Waals surface area contributed by atoms with E-state index in [0.29, 0.717) is 19.5 Å². The second-order valence-electron chi connectivity index (χ2n) is 5.06. The normalized spacial score (nSPS) is 21.6. The molecule has 1 saturated carbocycles. The molecule has 1 fully saturated rings. The molecule has 110 valence electrons. The lowest BCUT2D eigenvalue weighted by Crippen LogP contribution is -2.39. The van der Waals surface area contributed by atoms with Crippen molar-refractivity contribution in [1.82, 2.24) is 15.6 Å². The Morgan fingerprint density at radius 1 is 1.45 bits per heavy atom. The Labute approximate surface area is 121 Å². The van der Waals surface area contributed by atoms with E-state index in [1.165, 1.54) is 0 Å². The number of hydrogen-bond acceptors (Lipinski definition) is 4. The highest BCUT2D eigenvalue weighted by Gasteiger charge is 2.32. The van der Waals surface area contributed by atoms with Gasteiger partial charge in [-0.15, -0.1) is 11.3 Å². The van der Waals surface area contributed by atoms with Crippen molar-refractivity contribution in [2.24, 2.45) is 11.8 Å². The fourth-order valence-electron chi connectivity index (χ4n) is 2.55. The van der Waals surface area contributed by atoms with Crippen LogP contribution in [0.2, 0.25) is 0 Å². The predicted molar refractivity (Wildman–Crippen MR) is 75.6 cm³/mol. The van der Waals surface area contributed by atoms with Crippen molar-refractivity contribution in [3.8, 4) is 0 Å². The van der Waals surface area contributed by atoms with E-state index in [-0.39, 0.29) is 17.9 Å². The lowest BCUT2D eigenvalue weighted by Gasteiger charge is -2.16. The van der Waals surface area contributed by atoms with Gasteiger partial charge in [0.15, 0.2) is 0 Å². The molecule has 0 bridgehead atoms. The molecule has 0 saturated heterocycles. The largest absolute Gasteiger partial charge is 0.481 e. The monoisotopic (exact) mass is 297 g/mol. The van der Waals surface area contributed by atoms with Crippen molar-refractivity contribution >= 4 is 23.3 Å². The molecule has 3 N–H and O–H groups in total. The van der Waals surface area contributed by atoms with Crippen LogP contribution in [0.5, 0.6) is 0 Å². The number of urea groups is 1. The zero-order valence-electron chi connectivity index (χ0n) is 11.4. The number of amides is 2. The molecule has 2 amide bonds. The number of carboxylic acids is 1. The minimum absolute atomic E-state index is 0.0415. The van der Waals surface area contributed by atoms with Crippen molar-refractivity contribution in [3.63, 3.8) is 0 Å². The van der Waals surface area contributed by atoms with Gasteiger partial charge in [0.2, 0.25) is 0 Å². The van der Waals surface area contributed by atoms with Crippen molar-refractivity contribution in [1.29, 1.82) is 0 Å². The highest BCUT2D eigenvalue weighted by molar-refractivity contribution is 7.09. The maximum absolute atomic E-state index is 11.7. The Hall–Kier alpha value is -1.63. The minimum Gasteiger partial charge on any atom is -0.481 e. The average molecular weight is 297 g/mol. The van der Waals surface area contributed by atoms with Crippen LogP contribution in [-0.4, -0.2) is 28.6 Å². The smallest absolute Gasteiger partial charge is 0.315 e. The molecule has 1 aliphatic rings. The third-order valence-electron chi connectivity index (χ3n) is 3.60. The van der Waals surface area contributed by atoms with Gasteiger partial charge in [0.1, 0.15) is 0 Å². The topological polar surface area (TPSA) is 91.3 Å². The van der Waals surface area contributed by atoms with E-state index in [2.05, 4.69) is 15.6 Å². The Balaban J connectivity index is 1.71. The first-order valence-electron chi connectivity index (χ1n) is 6.71. The fourth-order valence-corrected chi connectivity index (χ4v) is 3.17. The van der Waals surface area contributed by atoms with Crippen LogP contribution in [0, 0.1) is 18.8 Å². The number of rotatable bonds is 5. The first kappa shape index (κ1) is 14.8. The van der Waals surface area contributed by atoms with E-state index in [1.807, 2.05) is 12.3 Å². The first-order chi connectivity index (χ1) is 9.56. The molecule has 7 heteroatoms. The summed E-state index contributed by atoms with van der Waals surface area (Å²) in [6.45, 7) is 2.72. The third-order valence-corrected chi connectivity index (χ3v) is 4.42. The summed E-state index contributed by atoms with van der Waals surface area (Å²) in [5.74, 6) is -1.04. The summed E-state index contributed by atoms with van der Waals surface area (Å²) in [6, 6.07) is -0.272. The van der Waals surface area contributed by atoms with Gasteiger partial charge in [-0.1, -0.05) is 6.42 Å². The van der Waals surface area contributed by atoms with Crippen LogP contribution in [0.25, 0.3) is 0 Å². The number of carbonyl (C=O) groups is 2. The highest BCUT2D eigenvalue weighted by atomic mass is 32.1. The van der Waals surface area contributed by atoms with Gasteiger partial charge < -0.3 is 15.7 Å². The van der Waals surface area contributed by atoms with Gasteiger partial charge in [-0.2, -0.15) is 0 Å². The van der Waals surface area contributed by atoms with Gasteiger partial charge in [-0.3, -0.25) is 4.79 Å². The van der Waals surface area contributed by atoms with Gasteiger partial charge in [0.05, 0.1) is 23.2 Å². The SMILES string of the molecule is Cc1nc(CNC(=O)NCC2CCCC2C(=O)O)cs1. The molecular formula is C13H19N3O3S. The van der Waals surface area contributed by atoms with Gasteiger partial charge >= 0.3 is 12.0 Å². The van der Waals surface area contributed by atoms with Crippen LogP contribution in [0.1, 0.15) is 30.0 Å². The number of carboxylic acid groups (broad SMARTS) is 1. The summed E-state index contributed by atoms with van der Waals surface area (Å²) < 4.78 is 0. The maximum atomic E-state index is 11.7. The molecule has 2 unspecified atom stereocenters. The quantitative estimate of drug-likeness (QED) is 0.772. The second-order valence-corrected chi connectivity index (χ2v) is 6.12. The number of nitrogens with one attached hydrogen (secondary N) is 2. The number of carbonyl (C=O) groups excluding carboxylic acids is 1. The standard InChI is InChI=1S/C13H19N3O3S/c1-8-16-10(7-20-8)6-15-13(19)14-5-9-3-2-4-11(9)12(17)18/h7,9,11H,2-6H2,1H3,(H,17,18)(H2,14,15,19). The van der Waals surface area contributed by atoms with E-state index >= 15 is 0 Å². The maximum Gasteiger partial charge on any atom is 0.315 e. The molecular weight excluding hydrogens is 278 g/mol. The summed E-state index contributed by atoms with van der Waals surface area (Å²) >= 11 is 1.55. The molecule has 2 rings (SSSR count). The van der Waals surface area contributed by atoms with Gasteiger partial charge in [-0.05, 0) is 25.7 Å². The number of nitrogens with zero attached hydrogens (tertiary/aromatic N) is 1. The van der Waals surface area contributed by atoms with Crippen LogP contribution in [0.15, 0.2) is 5.38 Å². The van der Waals surface area contributed by atoms with Crippen LogP contribution in [-0.2, 0) is 11.3 Å². The van der Waals surface area contributed by atoms with Crippen molar-refractivity contribution in [2.45, 2.75) is 32.7 Å². The van der Waals surface area contributed by atoms with Crippen molar-refractivity contribution in [3.05, 3.63) is 16.1 Å². The van der Waals surface area contributed by atoms with Gasteiger partial charge in [-0.25, -0.2) is 9.78 Å². The number of thiazole rings is 1. The van der Waals surface area contributed by atoms with Gasteiger partial charge in [0.25, 0.3) is 0 Å². The van der Waals surface area contributed by atoms with E-state index in [1.54, 1.807) is 11.3 Å². The van der Waals surface area contributed by atoms with E-state index in [0.717, 1.165) is 23.5 Å². The molecule has 1 aromatic heterocycles. The van der Waals surface area contributed by atoms with Crippen molar-refractivity contribution in [2.75, 3.05) is 6.54 Å². The molecule has 2 atom stereocenters. The third kappa shape index (κ3) is 3.93. The number of aliphatic carboxylic acids is 1. The van der Waals surface area contributed by atoms with Crippen molar-refractivity contribution < 1.29 is 14.7 Å². The summed E-state index contributed by atoms with van der Waals surface area (Å²) in [6.07, 6.45) is 2.49. The molecule has 0 aromatic carbocycles. The Morgan fingerprint density at radius 2 is 2.25 bits per heavy atom. The van der Waals surface area contributed by atoms with Crippen LogP contribution >= 0.6 is 11.3 Å². The van der Waals surface area contributed by atoms with E-state index in [9.17, 15) is 9.59 Å².